The van der Waals surface area contributed by atoms with E-state index in [0.29, 0.717) is 6.42 Å². The molecule has 0 unspecified atom stereocenters. The van der Waals surface area contributed by atoms with Crippen molar-refractivity contribution in [1.82, 2.24) is 4.98 Å². The van der Waals surface area contributed by atoms with Crippen molar-refractivity contribution in [2.45, 2.75) is 19.3 Å². The van der Waals surface area contributed by atoms with Gasteiger partial charge in [-0.15, -0.1) is 0 Å². The third kappa shape index (κ3) is 2.32. The molecule has 0 aliphatic carbocycles. The van der Waals surface area contributed by atoms with Crippen LogP contribution in [0.4, 0.5) is 0 Å². The molecule has 18 heavy (non-hydrogen) atoms. The van der Waals surface area contributed by atoms with Gasteiger partial charge in [-0.2, -0.15) is 0 Å². The second kappa shape index (κ2) is 5.12. The normalized spacial score (nSPS) is 12.4. The van der Waals surface area contributed by atoms with Crippen molar-refractivity contribution < 1.29 is 14.3 Å². The lowest BCUT2D eigenvalue weighted by atomic mass is 9.97. The Bertz CT molecular complexity index is 559. The lowest BCUT2D eigenvalue weighted by molar-refractivity contribution is -0.140. The zero-order valence-corrected chi connectivity index (χ0v) is 10.8. The van der Waals surface area contributed by atoms with E-state index in [9.17, 15) is 4.79 Å². The number of nitrogens with one attached hydrogen (secondary N) is 1. The minimum absolute atomic E-state index is 0.125. The zero-order valence-electron chi connectivity index (χ0n) is 10.8. The van der Waals surface area contributed by atoms with Gasteiger partial charge in [-0.1, -0.05) is 6.92 Å². The largest absolute Gasteiger partial charge is 0.497 e. The molecule has 2 rings (SSSR count). The quantitative estimate of drug-likeness (QED) is 0.845. The van der Waals surface area contributed by atoms with Gasteiger partial charge in [0, 0.05) is 23.2 Å². The summed E-state index contributed by atoms with van der Waals surface area (Å²) in [7, 11) is 3.06. The van der Waals surface area contributed by atoms with E-state index in [-0.39, 0.29) is 11.9 Å². The average Bonchev–Trinajstić information content (AvgIpc) is 2.81. The Morgan fingerprint density at radius 2 is 2.17 bits per heavy atom. The topological polar surface area (TPSA) is 51.3 Å². The van der Waals surface area contributed by atoms with Crippen LogP contribution < -0.4 is 4.74 Å². The first-order valence-electron chi connectivity index (χ1n) is 5.87. The summed E-state index contributed by atoms with van der Waals surface area (Å²) in [6.07, 6.45) is 2.33. The number of hydrogen-bond acceptors (Lipinski definition) is 3. The maximum atomic E-state index is 11.3. The van der Waals surface area contributed by atoms with Crippen LogP contribution in [0.2, 0.25) is 0 Å². The Labute approximate surface area is 106 Å². The van der Waals surface area contributed by atoms with Gasteiger partial charge in [-0.05, 0) is 23.6 Å². The number of H-pyrrole nitrogens is 1. The standard InChI is InChI=1S/C14H17NO3/c1-9(6-14(16)18-3)12-8-15-13-7-10(17-2)4-5-11(12)13/h4-5,7-9,15H,6H2,1-3H3/t9-/m0/s1. The first-order chi connectivity index (χ1) is 8.65. The summed E-state index contributed by atoms with van der Waals surface area (Å²) >= 11 is 0. The average molecular weight is 247 g/mol. The SMILES string of the molecule is COC(=O)C[C@H](C)c1c[nH]c2cc(OC)ccc12. The first-order valence-corrected chi connectivity index (χ1v) is 5.87. The second-order valence-corrected chi connectivity index (χ2v) is 4.34. The van der Waals surface area contributed by atoms with E-state index in [1.807, 2.05) is 31.3 Å². The molecule has 1 atom stereocenters. The van der Waals surface area contributed by atoms with Gasteiger partial charge >= 0.3 is 5.97 Å². The fraction of sp³-hybridized carbons (Fsp3) is 0.357. The van der Waals surface area contributed by atoms with Gasteiger partial charge in [0.1, 0.15) is 5.75 Å². The molecule has 0 amide bonds. The minimum atomic E-state index is -0.189. The maximum Gasteiger partial charge on any atom is 0.306 e. The summed E-state index contributed by atoms with van der Waals surface area (Å²) in [4.78, 5) is 14.5. The number of methoxy groups -OCH3 is 2. The van der Waals surface area contributed by atoms with Crippen molar-refractivity contribution >= 4 is 16.9 Å². The fourth-order valence-corrected chi connectivity index (χ4v) is 2.11. The van der Waals surface area contributed by atoms with Crippen molar-refractivity contribution in [2.75, 3.05) is 14.2 Å². The van der Waals surface area contributed by atoms with Crippen LogP contribution in [0.3, 0.4) is 0 Å². The Morgan fingerprint density at radius 3 is 2.83 bits per heavy atom. The fourth-order valence-electron chi connectivity index (χ4n) is 2.11. The number of ether oxygens (including phenoxy) is 2. The van der Waals surface area contributed by atoms with Crippen LogP contribution in [-0.4, -0.2) is 25.2 Å². The molecule has 0 aliphatic heterocycles. The number of hydrogen-bond donors (Lipinski definition) is 1. The highest BCUT2D eigenvalue weighted by molar-refractivity contribution is 5.85. The van der Waals surface area contributed by atoms with Crippen LogP contribution in [0, 0.1) is 0 Å². The van der Waals surface area contributed by atoms with E-state index in [2.05, 4.69) is 4.98 Å². The van der Waals surface area contributed by atoms with Crippen molar-refractivity contribution in [2.24, 2.45) is 0 Å². The molecule has 2 aromatic rings. The first kappa shape index (κ1) is 12.5. The lowest BCUT2D eigenvalue weighted by Gasteiger charge is -2.09. The van der Waals surface area contributed by atoms with E-state index < -0.39 is 0 Å². The monoisotopic (exact) mass is 247 g/mol. The molecule has 1 aromatic carbocycles. The van der Waals surface area contributed by atoms with Gasteiger partial charge in [-0.3, -0.25) is 4.79 Å². The molecule has 0 saturated heterocycles. The summed E-state index contributed by atoms with van der Waals surface area (Å²) < 4.78 is 9.88. The van der Waals surface area contributed by atoms with Gasteiger partial charge in [0.25, 0.3) is 0 Å². The number of aromatic amines is 1. The lowest BCUT2D eigenvalue weighted by Crippen LogP contribution is -2.05. The summed E-state index contributed by atoms with van der Waals surface area (Å²) in [6.45, 7) is 2.02. The number of benzene rings is 1. The maximum absolute atomic E-state index is 11.3. The van der Waals surface area contributed by atoms with E-state index in [4.69, 9.17) is 9.47 Å². The van der Waals surface area contributed by atoms with E-state index in [1.165, 1.54) is 7.11 Å². The van der Waals surface area contributed by atoms with Crippen LogP contribution in [0.1, 0.15) is 24.8 Å². The Balaban J connectivity index is 2.31. The Morgan fingerprint density at radius 1 is 1.39 bits per heavy atom. The Hall–Kier alpha value is -1.97. The smallest absolute Gasteiger partial charge is 0.306 e. The number of esters is 1. The van der Waals surface area contributed by atoms with Gasteiger partial charge < -0.3 is 14.5 Å². The van der Waals surface area contributed by atoms with Gasteiger partial charge in [0.05, 0.1) is 20.6 Å². The number of carbonyl (C=O) groups excluding carboxylic acids is 1. The van der Waals surface area contributed by atoms with Gasteiger partial charge in [0.15, 0.2) is 0 Å². The number of rotatable bonds is 4. The Kier molecular flexibility index (Phi) is 3.55. The highest BCUT2D eigenvalue weighted by atomic mass is 16.5. The molecule has 0 bridgehead atoms. The minimum Gasteiger partial charge on any atom is -0.497 e. The molecule has 96 valence electrons. The van der Waals surface area contributed by atoms with Crippen molar-refractivity contribution in [3.8, 4) is 5.75 Å². The molecule has 1 aromatic heterocycles. The van der Waals surface area contributed by atoms with Crippen molar-refractivity contribution in [3.63, 3.8) is 0 Å². The van der Waals surface area contributed by atoms with Crippen LogP contribution in [-0.2, 0) is 9.53 Å². The highest BCUT2D eigenvalue weighted by Gasteiger charge is 2.15. The molecular formula is C14H17NO3. The van der Waals surface area contributed by atoms with E-state index in [1.54, 1.807) is 7.11 Å². The molecule has 0 spiro atoms. The van der Waals surface area contributed by atoms with Crippen molar-refractivity contribution in [3.05, 3.63) is 30.0 Å². The summed E-state index contributed by atoms with van der Waals surface area (Å²) in [5.41, 5.74) is 2.14. The molecule has 0 fully saturated rings. The molecule has 0 radical (unpaired) electrons. The number of aromatic nitrogens is 1. The molecule has 0 aliphatic rings. The second-order valence-electron chi connectivity index (χ2n) is 4.34. The highest BCUT2D eigenvalue weighted by Crippen LogP contribution is 2.29. The van der Waals surface area contributed by atoms with Gasteiger partial charge in [0.2, 0.25) is 0 Å². The predicted molar refractivity (Wildman–Crippen MR) is 69.9 cm³/mol. The van der Waals surface area contributed by atoms with Crippen molar-refractivity contribution in [1.29, 1.82) is 0 Å². The predicted octanol–water partition coefficient (Wildman–Crippen LogP) is 2.84. The molecule has 0 saturated carbocycles. The molecule has 1 N–H and O–H groups in total. The molecule has 4 heteroatoms. The summed E-state index contributed by atoms with van der Waals surface area (Å²) in [5.74, 6) is 0.751. The van der Waals surface area contributed by atoms with Crippen LogP contribution in [0.5, 0.6) is 5.75 Å². The number of fused-ring (bicyclic) bond motifs is 1. The van der Waals surface area contributed by atoms with E-state index in [0.717, 1.165) is 22.2 Å². The van der Waals surface area contributed by atoms with Gasteiger partial charge in [-0.25, -0.2) is 0 Å². The third-order valence-corrected chi connectivity index (χ3v) is 3.15. The van der Waals surface area contributed by atoms with Crippen LogP contribution >= 0.6 is 0 Å². The molecular weight excluding hydrogens is 230 g/mol. The zero-order chi connectivity index (χ0) is 13.1. The molecule has 1 heterocycles. The van der Waals surface area contributed by atoms with E-state index >= 15 is 0 Å². The molecule has 4 nitrogen and oxygen atoms in total. The summed E-state index contributed by atoms with van der Waals surface area (Å²) in [6, 6.07) is 5.88. The van der Waals surface area contributed by atoms with Crippen LogP contribution in [0.25, 0.3) is 10.9 Å². The van der Waals surface area contributed by atoms with Crippen LogP contribution in [0.15, 0.2) is 24.4 Å². The third-order valence-electron chi connectivity index (χ3n) is 3.15. The summed E-state index contributed by atoms with van der Waals surface area (Å²) in [5, 5.41) is 1.12. The number of carbonyl (C=O) groups is 1.